The van der Waals surface area contributed by atoms with Crippen LogP contribution in [0.3, 0.4) is 0 Å². The van der Waals surface area contributed by atoms with Crippen LogP contribution < -0.4 is 10.1 Å². The number of hydrogen-bond donors (Lipinski definition) is 1. The van der Waals surface area contributed by atoms with Crippen molar-refractivity contribution in [3.8, 4) is 5.75 Å². The summed E-state index contributed by atoms with van der Waals surface area (Å²) in [5, 5.41) is 3.48. The molecule has 1 rings (SSSR count). The zero-order valence-electron chi connectivity index (χ0n) is 14.0. The first-order valence-electron chi connectivity index (χ1n) is 7.88. The predicted molar refractivity (Wildman–Crippen MR) is 87.7 cm³/mol. The van der Waals surface area contributed by atoms with Gasteiger partial charge in [0.05, 0.1) is 0 Å². The number of benzene rings is 1. The van der Waals surface area contributed by atoms with Crippen molar-refractivity contribution >= 4 is 0 Å². The van der Waals surface area contributed by atoms with Crippen LogP contribution >= 0.6 is 0 Å². The van der Waals surface area contributed by atoms with Gasteiger partial charge in [-0.2, -0.15) is 0 Å². The highest BCUT2D eigenvalue weighted by molar-refractivity contribution is 5.39. The van der Waals surface area contributed by atoms with E-state index in [0.717, 1.165) is 24.8 Å². The number of nitrogens with one attached hydrogen (secondary N) is 1. The Balaban J connectivity index is 2.52. The fourth-order valence-electron chi connectivity index (χ4n) is 2.18. The highest BCUT2D eigenvalue weighted by Gasteiger charge is 2.11. The fraction of sp³-hybridized carbons (Fsp3) is 0.667. The van der Waals surface area contributed by atoms with E-state index in [4.69, 9.17) is 4.74 Å². The molecule has 0 spiro atoms. The lowest BCUT2D eigenvalue weighted by Crippen LogP contribution is -2.30. The topological polar surface area (TPSA) is 21.3 Å². The standard InChI is InChI=1S/C18H31NO/c1-13(2)9-10-19-12-16(6)20-18-11-15(5)7-8-17(18)14(3)4/h7-8,11,13-14,16,19H,9-10,12H2,1-6H3. The molecule has 1 aromatic rings. The van der Waals surface area contributed by atoms with Crippen molar-refractivity contribution in [1.82, 2.24) is 5.32 Å². The number of rotatable bonds is 8. The van der Waals surface area contributed by atoms with Crippen LogP contribution in [0.2, 0.25) is 0 Å². The molecule has 0 bridgehead atoms. The van der Waals surface area contributed by atoms with Crippen LogP contribution in [0.5, 0.6) is 5.75 Å². The molecule has 1 unspecified atom stereocenters. The summed E-state index contributed by atoms with van der Waals surface area (Å²) in [4.78, 5) is 0. The summed E-state index contributed by atoms with van der Waals surface area (Å²) in [6, 6.07) is 6.50. The van der Waals surface area contributed by atoms with E-state index in [0.29, 0.717) is 5.92 Å². The Morgan fingerprint density at radius 2 is 1.80 bits per heavy atom. The summed E-state index contributed by atoms with van der Waals surface area (Å²) in [5.41, 5.74) is 2.55. The Morgan fingerprint density at radius 1 is 1.10 bits per heavy atom. The van der Waals surface area contributed by atoms with Gasteiger partial charge in [0.15, 0.2) is 0 Å². The maximum Gasteiger partial charge on any atom is 0.123 e. The normalized spacial score (nSPS) is 13.0. The minimum Gasteiger partial charge on any atom is -0.489 e. The fourth-order valence-corrected chi connectivity index (χ4v) is 2.18. The summed E-state index contributed by atoms with van der Waals surface area (Å²) in [6.45, 7) is 15.1. The molecule has 0 amide bonds. The molecule has 0 aromatic heterocycles. The van der Waals surface area contributed by atoms with Gasteiger partial charge < -0.3 is 10.1 Å². The van der Waals surface area contributed by atoms with E-state index < -0.39 is 0 Å². The van der Waals surface area contributed by atoms with Gasteiger partial charge in [-0.1, -0.05) is 39.8 Å². The SMILES string of the molecule is Cc1ccc(C(C)C)c(OC(C)CNCCC(C)C)c1. The molecule has 1 N–H and O–H groups in total. The number of hydrogen-bond acceptors (Lipinski definition) is 2. The van der Waals surface area contributed by atoms with Gasteiger partial charge in [-0.05, 0) is 55.8 Å². The Hall–Kier alpha value is -1.02. The minimum atomic E-state index is 0.196. The van der Waals surface area contributed by atoms with E-state index >= 15 is 0 Å². The van der Waals surface area contributed by atoms with E-state index in [9.17, 15) is 0 Å². The lowest BCUT2D eigenvalue weighted by molar-refractivity contribution is 0.214. The van der Waals surface area contributed by atoms with Gasteiger partial charge in [0.1, 0.15) is 11.9 Å². The average molecular weight is 277 g/mol. The Bertz CT molecular complexity index is 398. The summed E-state index contributed by atoms with van der Waals surface area (Å²) < 4.78 is 6.13. The molecule has 20 heavy (non-hydrogen) atoms. The van der Waals surface area contributed by atoms with Gasteiger partial charge >= 0.3 is 0 Å². The van der Waals surface area contributed by atoms with Crippen LogP contribution in [-0.2, 0) is 0 Å². The van der Waals surface area contributed by atoms with Gasteiger partial charge in [-0.15, -0.1) is 0 Å². The van der Waals surface area contributed by atoms with Crippen molar-refractivity contribution in [3.05, 3.63) is 29.3 Å². The molecule has 0 saturated carbocycles. The highest BCUT2D eigenvalue weighted by atomic mass is 16.5. The molecule has 1 atom stereocenters. The predicted octanol–water partition coefficient (Wildman–Crippen LogP) is 4.52. The van der Waals surface area contributed by atoms with Gasteiger partial charge in [0.25, 0.3) is 0 Å². The number of ether oxygens (including phenoxy) is 1. The average Bonchev–Trinajstić information content (AvgIpc) is 2.34. The Morgan fingerprint density at radius 3 is 2.40 bits per heavy atom. The molecule has 1 aromatic carbocycles. The van der Waals surface area contributed by atoms with Crippen LogP contribution in [0.15, 0.2) is 18.2 Å². The van der Waals surface area contributed by atoms with Crippen molar-refractivity contribution in [2.24, 2.45) is 5.92 Å². The van der Waals surface area contributed by atoms with E-state index in [1.54, 1.807) is 0 Å². The minimum absolute atomic E-state index is 0.196. The van der Waals surface area contributed by atoms with Crippen LogP contribution in [0.1, 0.15) is 58.1 Å². The van der Waals surface area contributed by atoms with Crippen LogP contribution in [0.25, 0.3) is 0 Å². The van der Waals surface area contributed by atoms with Crippen LogP contribution in [0, 0.1) is 12.8 Å². The summed E-state index contributed by atoms with van der Waals surface area (Å²) >= 11 is 0. The summed E-state index contributed by atoms with van der Waals surface area (Å²) in [6.07, 6.45) is 1.41. The molecule has 2 nitrogen and oxygen atoms in total. The Kier molecular flexibility index (Phi) is 7.08. The van der Waals surface area contributed by atoms with Crippen molar-refractivity contribution in [2.45, 2.75) is 60.0 Å². The first-order valence-corrected chi connectivity index (χ1v) is 7.88. The first-order chi connectivity index (χ1) is 9.40. The third kappa shape index (κ3) is 5.96. The van der Waals surface area contributed by atoms with Gasteiger partial charge in [0.2, 0.25) is 0 Å². The molecular formula is C18H31NO. The van der Waals surface area contributed by atoms with Crippen LogP contribution in [0.4, 0.5) is 0 Å². The molecule has 0 aliphatic heterocycles. The van der Waals surface area contributed by atoms with E-state index in [2.05, 4.69) is 65.1 Å². The lowest BCUT2D eigenvalue weighted by Gasteiger charge is -2.20. The second kappa shape index (κ2) is 8.31. The van der Waals surface area contributed by atoms with Gasteiger partial charge in [0, 0.05) is 6.54 Å². The first kappa shape index (κ1) is 17.0. The maximum absolute atomic E-state index is 6.13. The van der Waals surface area contributed by atoms with Crippen molar-refractivity contribution < 1.29 is 4.74 Å². The van der Waals surface area contributed by atoms with Crippen molar-refractivity contribution in [1.29, 1.82) is 0 Å². The van der Waals surface area contributed by atoms with Crippen molar-refractivity contribution in [2.75, 3.05) is 13.1 Å². The third-order valence-electron chi connectivity index (χ3n) is 3.45. The molecule has 0 saturated heterocycles. The molecule has 0 aliphatic carbocycles. The summed E-state index contributed by atoms with van der Waals surface area (Å²) in [5.74, 6) is 2.29. The molecule has 0 radical (unpaired) electrons. The number of aryl methyl sites for hydroxylation is 1. The molecule has 0 fully saturated rings. The second-order valence-electron chi connectivity index (χ2n) is 6.51. The molecule has 114 valence electrons. The third-order valence-corrected chi connectivity index (χ3v) is 3.45. The Labute approximate surface area is 124 Å². The van der Waals surface area contributed by atoms with Gasteiger partial charge in [-0.3, -0.25) is 0 Å². The van der Waals surface area contributed by atoms with Gasteiger partial charge in [-0.25, -0.2) is 0 Å². The maximum atomic E-state index is 6.13. The van der Waals surface area contributed by atoms with Crippen LogP contribution in [-0.4, -0.2) is 19.2 Å². The van der Waals surface area contributed by atoms with E-state index in [-0.39, 0.29) is 6.10 Å². The molecule has 2 heteroatoms. The zero-order valence-corrected chi connectivity index (χ0v) is 14.0. The van der Waals surface area contributed by atoms with E-state index in [1.807, 2.05) is 0 Å². The molecule has 0 aliphatic rings. The smallest absolute Gasteiger partial charge is 0.123 e. The van der Waals surface area contributed by atoms with E-state index in [1.165, 1.54) is 17.5 Å². The highest BCUT2D eigenvalue weighted by Crippen LogP contribution is 2.28. The van der Waals surface area contributed by atoms with Crippen molar-refractivity contribution in [3.63, 3.8) is 0 Å². The lowest BCUT2D eigenvalue weighted by atomic mass is 10.0. The summed E-state index contributed by atoms with van der Waals surface area (Å²) in [7, 11) is 0. The monoisotopic (exact) mass is 277 g/mol. The quantitative estimate of drug-likeness (QED) is 0.705. The second-order valence-corrected chi connectivity index (χ2v) is 6.51. The largest absolute Gasteiger partial charge is 0.489 e. The molecular weight excluding hydrogens is 246 g/mol. The molecule has 0 heterocycles. The zero-order chi connectivity index (χ0) is 15.1.